The molecule has 0 aliphatic rings. The van der Waals surface area contributed by atoms with Gasteiger partial charge >= 0.3 is 0 Å². The van der Waals surface area contributed by atoms with Crippen molar-refractivity contribution >= 4 is 14.7 Å². The molecule has 54 valence electrons. The summed E-state index contributed by atoms with van der Waals surface area (Å²) in [5, 5.41) is 10.4. The van der Waals surface area contributed by atoms with Crippen LogP contribution in [0, 0.1) is 0 Å². The molecule has 1 aromatic carbocycles. The maximum absolute atomic E-state index is 9.07. The molecule has 0 saturated heterocycles. The molecule has 1 unspecified atom stereocenters. The average Bonchev–Trinajstić information content (AvgIpc) is 1.88. The maximum atomic E-state index is 9.07. The summed E-state index contributed by atoms with van der Waals surface area (Å²) in [6.07, 6.45) is 0. The normalized spacial score (nSPS) is 14.2. The summed E-state index contributed by atoms with van der Waals surface area (Å²) in [5.74, 6) is 0. The van der Waals surface area contributed by atoms with Crippen LogP contribution < -0.4 is 5.19 Å². The average molecular weight is 152 g/mol. The second-order valence-electron chi connectivity index (χ2n) is 2.54. The van der Waals surface area contributed by atoms with Gasteiger partial charge in [0.1, 0.15) is 0 Å². The van der Waals surface area contributed by atoms with Gasteiger partial charge in [0.25, 0.3) is 0 Å². The van der Waals surface area contributed by atoms with Crippen LogP contribution in [0.1, 0.15) is 6.92 Å². The molecule has 0 saturated carbocycles. The minimum Gasteiger partial charge on any atom is -0.397 e. The maximum Gasteiger partial charge on any atom is 0.0880 e. The number of benzene rings is 1. The van der Waals surface area contributed by atoms with E-state index in [0.717, 1.165) is 0 Å². The standard InChI is InChI=1S/C8H12OSi/c1-7(9)10-8-5-3-2-4-6-8/h2-7,9H,10H2,1H3. The quantitative estimate of drug-likeness (QED) is 0.583. The van der Waals surface area contributed by atoms with Crippen LogP contribution in [0.3, 0.4) is 0 Å². The van der Waals surface area contributed by atoms with Crippen molar-refractivity contribution in [1.29, 1.82) is 0 Å². The minimum atomic E-state index is -0.421. The third-order valence-corrected chi connectivity index (χ3v) is 2.91. The monoisotopic (exact) mass is 152 g/mol. The first-order valence-electron chi connectivity index (χ1n) is 3.51. The Balaban J connectivity index is 2.59. The lowest BCUT2D eigenvalue weighted by Gasteiger charge is -2.00. The van der Waals surface area contributed by atoms with Gasteiger partial charge in [-0.25, -0.2) is 0 Å². The summed E-state index contributed by atoms with van der Waals surface area (Å²) in [4.78, 5) is 0. The van der Waals surface area contributed by atoms with Gasteiger partial charge in [0.2, 0.25) is 0 Å². The molecular formula is C8H12OSi. The van der Waals surface area contributed by atoms with Gasteiger partial charge < -0.3 is 5.11 Å². The van der Waals surface area contributed by atoms with Gasteiger partial charge in [0, 0.05) is 5.73 Å². The first-order valence-corrected chi connectivity index (χ1v) is 5.03. The lowest BCUT2D eigenvalue weighted by Crippen LogP contribution is -2.24. The van der Waals surface area contributed by atoms with E-state index in [1.165, 1.54) is 5.19 Å². The van der Waals surface area contributed by atoms with E-state index in [9.17, 15) is 0 Å². The van der Waals surface area contributed by atoms with E-state index in [2.05, 4.69) is 12.1 Å². The van der Waals surface area contributed by atoms with Gasteiger partial charge in [-0.3, -0.25) is 0 Å². The van der Waals surface area contributed by atoms with Gasteiger partial charge in [-0.1, -0.05) is 35.5 Å². The summed E-state index contributed by atoms with van der Waals surface area (Å²) in [6, 6.07) is 10.2. The molecule has 1 atom stereocenters. The zero-order chi connectivity index (χ0) is 7.40. The van der Waals surface area contributed by atoms with Gasteiger partial charge in [-0.2, -0.15) is 0 Å². The van der Waals surface area contributed by atoms with Gasteiger partial charge in [0.15, 0.2) is 0 Å². The molecule has 0 aliphatic carbocycles. The first kappa shape index (κ1) is 7.50. The Bertz CT molecular complexity index is 184. The lowest BCUT2D eigenvalue weighted by atomic mass is 10.4. The second kappa shape index (κ2) is 3.54. The second-order valence-corrected chi connectivity index (χ2v) is 4.95. The highest BCUT2D eigenvalue weighted by Crippen LogP contribution is 1.83. The minimum absolute atomic E-state index is 0.0950. The number of aliphatic hydroxyl groups excluding tert-OH is 1. The van der Waals surface area contributed by atoms with Crippen molar-refractivity contribution in [2.24, 2.45) is 0 Å². The van der Waals surface area contributed by atoms with Crippen LogP contribution in [0.5, 0.6) is 0 Å². The van der Waals surface area contributed by atoms with E-state index in [1.807, 2.05) is 25.1 Å². The number of aliphatic hydroxyl groups is 1. The van der Waals surface area contributed by atoms with Crippen molar-refractivity contribution in [2.75, 3.05) is 0 Å². The Morgan fingerprint density at radius 1 is 1.30 bits per heavy atom. The number of hydrogen-bond acceptors (Lipinski definition) is 1. The van der Waals surface area contributed by atoms with Crippen molar-refractivity contribution in [2.45, 2.75) is 12.7 Å². The van der Waals surface area contributed by atoms with Crippen LogP contribution in [-0.4, -0.2) is 20.4 Å². The van der Waals surface area contributed by atoms with E-state index in [1.54, 1.807) is 0 Å². The molecule has 0 heterocycles. The third kappa shape index (κ3) is 2.33. The molecule has 1 aromatic rings. The van der Waals surface area contributed by atoms with Crippen LogP contribution in [0.15, 0.2) is 30.3 Å². The van der Waals surface area contributed by atoms with Crippen LogP contribution in [0.4, 0.5) is 0 Å². The molecule has 0 amide bonds. The molecule has 0 spiro atoms. The smallest absolute Gasteiger partial charge is 0.0880 e. The Kier molecular flexibility index (Phi) is 2.65. The molecule has 2 heteroatoms. The Hall–Kier alpha value is -0.603. The van der Waals surface area contributed by atoms with Crippen molar-refractivity contribution in [3.05, 3.63) is 30.3 Å². The highest BCUT2D eigenvalue weighted by atomic mass is 28.2. The van der Waals surface area contributed by atoms with Gasteiger partial charge in [-0.15, -0.1) is 0 Å². The topological polar surface area (TPSA) is 20.2 Å². The Morgan fingerprint density at radius 2 is 1.90 bits per heavy atom. The van der Waals surface area contributed by atoms with E-state index in [0.29, 0.717) is 0 Å². The predicted octanol–water partition coefficient (Wildman–Crippen LogP) is -0.181. The lowest BCUT2D eigenvalue weighted by molar-refractivity contribution is 0.274. The molecular weight excluding hydrogens is 140 g/mol. The number of hydrogen-bond donors (Lipinski definition) is 1. The van der Waals surface area contributed by atoms with E-state index < -0.39 is 9.52 Å². The molecule has 0 aliphatic heterocycles. The molecule has 10 heavy (non-hydrogen) atoms. The molecule has 0 bridgehead atoms. The zero-order valence-electron chi connectivity index (χ0n) is 6.12. The molecule has 1 rings (SSSR count). The van der Waals surface area contributed by atoms with E-state index in [4.69, 9.17) is 5.11 Å². The summed E-state index contributed by atoms with van der Waals surface area (Å²) < 4.78 is 0. The van der Waals surface area contributed by atoms with Crippen LogP contribution in [0.2, 0.25) is 0 Å². The molecule has 0 aromatic heterocycles. The van der Waals surface area contributed by atoms with Crippen LogP contribution in [0.25, 0.3) is 0 Å². The Morgan fingerprint density at radius 3 is 2.40 bits per heavy atom. The van der Waals surface area contributed by atoms with Crippen molar-refractivity contribution in [1.82, 2.24) is 0 Å². The van der Waals surface area contributed by atoms with Crippen LogP contribution in [-0.2, 0) is 0 Å². The van der Waals surface area contributed by atoms with Crippen molar-refractivity contribution < 1.29 is 5.11 Å². The highest BCUT2D eigenvalue weighted by molar-refractivity contribution is 6.54. The summed E-state index contributed by atoms with van der Waals surface area (Å²) in [6.45, 7) is 1.86. The van der Waals surface area contributed by atoms with E-state index in [-0.39, 0.29) is 5.73 Å². The fourth-order valence-electron chi connectivity index (χ4n) is 0.955. The van der Waals surface area contributed by atoms with Crippen LogP contribution >= 0.6 is 0 Å². The molecule has 0 radical (unpaired) electrons. The third-order valence-electron chi connectivity index (χ3n) is 1.37. The highest BCUT2D eigenvalue weighted by Gasteiger charge is 1.96. The SMILES string of the molecule is CC(O)[SiH2]c1ccccc1. The predicted molar refractivity (Wildman–Crippen MR) is 46.3 cm³/mol. The number of rotatable bonds is 2. The van der Waals surface area contributed by atoms with Gasteiger partial charge in [-0.05, 0) is 6.92 Å². The Labute approximate surface area is 63.5 Å². The summed E-state index contributed by atoms with van der Waals surface area (Å²) >= 11 is 0. The van der Waals surface area contributed by atoms with Gasteiger partial charge in [0.05, 0.1) is 9.52 Å². The zero-order valence-corrected chi connectivity index (χ0v) is 7.53. The van der Waals surface area contributed by atoms with Crippen molar-refractivity contribution in [3.8, 4) is 0 Å². The molecule has 1 N–H and O–H groups in total. The van der Waals surface area contributed by atoms with E-state index >= 15 is 0 Å². The molecule has 0 fully saturated rings. The van der Waals surface area contributed by atoms with Crippen molar-refractivity contribution in [3.63, 3.8) is 0 Å². The first-order chi connectivity index (χ1) is 4.79. The fraction of sp³-hybridized carbons (Fsp3) is 0.250. The largest absolute Gasteiger partial charge is 0.397 e. The summed E-state index contributed by atoms with van der Waals surface area (Å²) in [7, 11) is -0.421. The fourth-order valence-corrected chi connectivity index (χ4v) is 2.18. The summed E-state index contributed by atoms with van der Waals surface area (Å²) in [5.41, 5.74) is -0.0950. The molecule has 1 nitrogen and oxygen atoms in total.